The van der Waals surface area contributed by atoms with E-state index in [4.69, 9.17) is 12.6 Å². The number of benzene rings is 1. The van der Waals surface area contributed by atoms with Crippen LogP contribution in [0.5, 0.6) is 0 Å². The number of hydrogen-bond donors (Lipinski definition) is 1. The zero-order chi connectivity index (χ0) is 28.2. The summed E-state index contributed by atoms with van der Waals surface area (Å²) >= 11 is 4.74. The number of allylic oxidation sites excluding steroid dienone is 3. The Morgan fingerprint density at radius 1 is 0.897 bits per heavy atom. The standard InChI is InChI=1S/C37H57PS/c1-7-36(8-2)24-28(12-11-27-13-20-32(39)21-14-27)25-37(9-3,10-4)35(36)30-17-15-29(16-18-30)31-19-22-33(26(5)6)34(38)23-31/h7-9,19,22-23,26-30,32,35,39H,1-3,10-18,20-21,24-25,38H2,4-6H3. The van der Waals surface area contributed by atoms with E-state index in [0.717, 1.165) is 11.8 Å². The summed E-state index contributed by atoms with van der Waals surface area (Å²) in [6.07, 6.45) is 24.0. The average Bonchev–Trinajstić information content (AvgIpc) is 2.96. The van der Waals surface area contributed by atoms with Crippen molar-refractivity contribution in [3.05, 3.63) is 67.3 Å². The Labute approximate surface area is 249 Å². The summed E-state index contributed by atoms with van der Waals surface area (Å²) in [6.45, 7) is 20.5. The molecule has 3 fully saturated rings. The van der Waals surface area contributed by atoms with Crippen LogP contribution in [-0.4, -0.2) is 5.25 Å². The molecule has 0 aliphatic heterocycles. The third kappa shape index (κ3) is 6.67. The lowest BCUT2D eigenvalue weighted by molar-refractivity contribution is -0.0324. The third-order valence-electron chi connectivity index (χ3n) is 11.6. The average molecular weight is 565 g/mol. The summed E-state index contributed by atoms with van der Waals surface area (Å²) < 4.78 is 0. The number of thiol groups is 1. The first-order valence-corrected chi connectivity index (χ1v) is 17.3. The Kier molecular flexibility index (Phi) is 10.8. The molecule has 2 heteroatoms. The molecular formula is C37H57PS. The maximum absolute atomic E-state index is 4.74. The van der Waals surface area contributed by atoms with Crippen molar-refractivity contribution in [2.75, 3.05) is 0 Å². The van der Waals surface area contributed by atoms with Crippen molar-refractivity contribution in [2.45, 2.75) is 121 Å². The van der Waals surface area contributed by atoms with Gasteiger partial charge in [0.2, 0.25) is 0 Å². The normalized spacial score (nSPS) is 34.9. The predicted octanol–water partition coefficient (Wildman–Crippen LogP) is 10.8. The molecule has 4 atom stereocenters. The molecule has 0 nitrogen and oxygen atoms in total. The first-order valence-electron chi connectivity index (χ1n) is 16.2. The van der Waals surface area contributed by atoms with Gasteiger partial charge in [-0.25, -0.2) is 0 Å². The molecule has 0 spiro atoms. The van der Waals surface area contributed by atoms with Crippen molar-refractivity contribution in [2.24, 2.45) is 34.5 Å². The van der Waals surface area contributed by atoms with Crippen LogP contribution in [0.1, 0.15) is 127 Å². The molecule has 0 radical (unpaired) electrons. The summed E-state index contributed by atoms with van der Waals surface area (Å²) in [6, 6.07) is 7.25. The van der Waals surface area contributed by atoms with Crippen LogP contribution in [-0.2, 0) is 0 Å². The predicted molar refractivity (Wildman–Crippen MR) is 181 cm³/mol. The Bertz CT molecular complexity index is 969. The van der Waals surface area contributed by atoms with Crippen LogP contribution in [0.2, 0.25) is 0 Å². The quantitative estimate of drug-likeness (QED) is 0.163. The highest BCUT2D eigenvalue weighted by Crippen LogP contribution is 2.62. The second-order valence-electron chi connectivity index (χ2n) is 14.0. The Morgan fingerprint density at radius 2 is 1.54 bits per heavy atom. The van der Waals surface area contributed by atoms with Crippen LogP contribution in [0.3, 0.4) is 0 Å². The van der Waals surface area contributed by atoms with Crippen LogP contribution >= 0.6 is 21.9 Å². The van der Waals surface area contributed by atoms with E-state index in [0.29, 0.717) is 28.9 Å². The van der Waals surface area contributed by atoms with Crippen LogP contribution in [0.25, 0.3) is 0 Å². The molecule has 0 N–H and O–H groups in total. The fourth-order valence-corrected chi connectivity index (χ4v) is 10.2. The summed E-state index contributed by atoms with van der Waals surface area (Å²) in [5, 5.41) is 2.02. The molecule has 1 aromatic carbocycles. The molecule has 39 heavy (non-hydrogen) atoms. The van der Waals surface area contributed by atoms with Crippen molar-refractivity contribution in [3.63, 3.8) is 0 Å². The van der Waals surface area contributed by atoms with Gasteiger partial charge < -0.3 is 0 Å². The molecule has 216 valence electrons. The van der Waals surface area contributed by atoms with Gasteiger partial charge in [-0.2, -0.15) is 12.6 Å². The topological polar surface area (TPSA) is 0 Å². The van der Waals surface area contributed by atoms with E-state index in [9.17, 15) is 0 Å². The molecule has 3 aliphatic carbocycles. The van der Waals surface area contributed by atoms with Gasteiger partial charge in [0.05, 0.1) is 0 Å². The largest absolute Gasteiger partial charge is 0.176 e. The summed E-state index contributed by atoms with van der Waals surface area (Å²) in [5.74, 6) is 4.19. The van der Waals surface area contributed by atoms with E-state index >= 15 is 0 Å². The summed E-state index contributed by atoms with van der Waals surface area (Å²) in [4.78, 5) is 0. The lowest BCUT2D eigenvalue weighted by Gasteiger charge is -2.58. The molecular weight excluding hydrogens is 507 g/mol. The van der Waals surface area contributed by atoms with E-state index in [1.165, 1.54) is 94.3 Å². The summed E-state index contributed by atoms with van der Waals surface area (Å²) in [7, 11) is 3.00. The third-order valence-corrected chi connectivity index (χ3v) is 12.6. The van der Waals surface area contributed by atoms with E-state index < -0.39 is 0 Å². The zero-order valence-corrected chi connectivity index (χ0v) is 27.4. The van der Waals surface area contributed by atoms with Gasteiger partial charge in [0.25, 0.3) is 0 Å². The van der Waals surface area contributed by atoms with Crippen LogP contribution in [0, 0.1) is 34.5 Å². The molecule has 0 amide bonds. The highest BCUT2D eigenvalue weighted by molar-refractivity contribution is 7.80. The molecule has 0 aromatic heterocycles. The minimum absolute atomic E-state index is 0.0134. The van der Waals surface area contributed by atoms with Gasteiger partial charge in [-0.15, -0.1) is 29.0 Å². The fourth-order valence-electron chi connectivity index (χ4n) is 9.30. The minimum atomic E-state index is 0.0134. The van der Waals surface area contributed by atoms with Crippen LogP contribution in [0.4, 0.5) is 0 Å². The monoisotopic (exact) mass is 564 g/mol. The molecule has 1 aromatic rings. The molecule has 3 aliphatic rings. The van der Waals surface area contributed by atoms with Gasteiger partial charge in [-0.05, 0) is 128 Å². The molecule has 0 heterocycles. The molecule has 4 unspecified atom stereocenters. The molecule has 0 bridgehead atoms. The smallest absolute Gasteiger partial charge is 0.00975 e. The Balaban J connectivity index is 1.50. The highest BCUT2D eigenvalue weighted by atomic mass is 32.1. The molecule has 3 saturated carbocycles. The molecule has 4 rings (SSSR count). The maximum Gasteiger partial charge on any atom is 0.00975 e. The maximum atomic E-state index is 4.74. The zero-order valence-electron chi connectivity index (χ0n) is 25.3. The van der Waals surface area contributed by atoms with Crippen LogP contribution < -0.4 is 5.30 Å². The van der Waals surface area contributed by atoms with Gasteiger partial charge >= 0.3 is 0 Å². The minimum Gasteiger partial charge on any atom is -0.176 e. The Hall–Kier alpha value is -0.780. The van der Waals surface area contributed by atoms with Gasteiger partial charge in [0.1, 0.15) is 0 Å². The van der Waals surface area contributed by atoms with Gasteiger partial charge in [-0.1, -0.05) is 70.0 Å². The van der Waals surface area contributed by atoms with Gasteiger partial charge in [0, 0.05) is 10.7 Å². The molecule has 0 saturated heterocycles. The number of hydrogen-bond acceptors (Lipinski definition) is 1. The number of rotatable bonds is 10. The second kappa shape index (κ2) is 13.5. The van der Waals surface area contributed by atoms with E-state index in [1.54, 1.807) is 5.56 Å². The fraction of sp³-hybridized carbons (Fsp3) is 0.676. The van der Waals surface area contributed by atoms with Gasteiger partial charge in [0.15, 0.2) is 0 Å². The van der Waals surface area contributed by atoms with Crippen molar-refractivity contribution >= 4 is 27.2 Å². The van der Waals surface area contributed by atoms with Crippen molar-refractivity contribution in [3.8, 4) is 0 Å². The lowest BCUT2D eigenvalue weighted by atomic mass is 9.46. The van der Waals surface area contributed by atoms with Crippen LogP contribution in [0.15, 0.2) is 56.2 Å². The SMILES string of the molecule is C=CC1(C=C)CC(CCC2CCC(S)CC2)CC(C=C)(CC)C1C1CCC(c2ccc(C(C)C)c(P)c2)CC1. The lowest BCUT2D eigenvalue weighted by Crippen LogP contribution is -2.50. The highest BCUT2D eigenvalue weighted by Gasteiger charge is 2.54. The van der Waals surface area contributed by atoms with Crippen molar-refractivity contribution in [1.82, 2.24) is 0 Å². The van der Waals surface area contributed by atoms with E-state index in [2.05, 4.69) is 86.2 Å². The summed E-state index contributed by atoms with van der Waals surface area (Å²) in [5.41, 5.74) is 3.20. The first-order chi connectivity index (χ1) is 18.7. The Morgan fingerprint density at radius 3 is 2.08 bits per heavy atom. The first kappa shape index (κ1) is 31.2. The van der Waals surface area contributed by atoms with Crippen molar-refractivity contribution < 1.29 is 0 Å². The van der Waals surface area contributed by atoms with E-state index in [1.807, 2.05) is 0 Å². The van der Waals surface area contributed by atoms with E-state index in [-0.39, 0.29) is 10.8 Å². The van der Waals surface area contributed by atoms with Crippen molar-refractivity contribution in [1.29, 1.82) is 0 Å². The second-order valence-corrected chi connectivity index (χ2v) is 15.3. The van der Waals surface area contributed by atoms with Gasteiger partial charge in [-0.3, -0.25) is 0 Å².